The van der Waals surface area contributed by atoms with E-state index >= 15 is 0 Å². The average molecular weight is 300 g/mol. The molecule has 0 saturated heterocycles. The molecule has 0 atom stereocenters. The van der Waals surface area contributed by atoms with Crippen molar-refractivity contribution in [2.24, 2.45) is 5.73 Å². The van der Waals surface area contributed by atoms with Gasteiger partial charge in [0.2, 0.25) is 0 Å². The molecule has 3 nitrogen and oxygen atoms in total. The molecule has 0 saturated carbocycles. The minimum atomic E-state index is 0.618. The van der Waals surface area contributed by atoms with Crippen molar-refractivity contribution in [3.8, 4) is 5.75 Å². The second-order valence-corrected chi connectivity index (χ2v) is 4.81. The lowest BCUT2D eigenvalue weighted by Crippen LogP contribution is -2.02. The average Bonchev–Trinajstić information content (AvgIpc) is 2.31. The van der Waals surface area contributed by atoms with Crippen LogP contribution in [0.1, 0.15) is 35.2 Å². The molecular formula is C13H18BrNO2. The molecule has 1 rings (SSSR count). The third-order valence-electron chi connectivity index (χ3n) is 2.53. The van der Waals surface area contributed by atoms with Crippen LogP contribution in [0.3, 0.4) is 0 Å². The third-order valence-corrected chi connectivity index (χ3v) is 3.21. The SMILES string of the molecule is Cc1cc(Br)c(C=O)cc1OCCCCCN. The van der Waals surface area contributed by atoms with E-state index in [1.807, 2.05) is 13.0 Å². The molecule has 0 aliphatic carbocycles. The summed E-state index contributed by atoms with van der Waals surface area (Å²) in [6.07, 6.45) is 3.92. The van der Waals surface area contributed by atoms with Crippen LogP contribution in [0.25, 0.3) is 0 Å². The summed E-state index contributed by atoms with van der Waals surface area (Å²) in [6, 6.07) is 3.67. The molecule has 4 heteroatoms. The molecule has 94 valence electrons. The second-order valence-electron chi connectivity index (χ2n) is 3.95. The maximum absolute atomic E-state index is 10.8. The minimum absolute atomic E-state index is 0.618. The van der Waals surface area contributed by atoms with Crippen molar-refractivity contribution in [3.05, 3.63) is 27.7 Å². The molecule has 0 amide bonds. The summed E-state index contributed by atoms with van der Waals surface area (Å²) in [5.41, 5.74) is 7.06. The van der Waals surface area contributed by atoms with Gasteiger partial charge in [0.1, 0.15) is 5.75 Å². The van der Waals surface area contributed by atoms with Gasteiger partial charge >= 0.3 is 0 Å². The number of rotatable bonds is 7. The van der Waals surface area contributed by atoms with Crippen molar-refractivity contribution >= 4 is 22.2 Å². The quantitative estimate of drug-likeness (QED) is 0.622. The van der Waals surface area contributed by atoms with Gasteiger partial charge in [0.25, 0.3) is 0 Å². The van der Waals surface area contributed by atoms with E-state index in [1.54, 1.807) is 6.07 Å². The van der Waals surface area contributed by atoms with Crippen molar-refractivity contribution in [3.63, 3.8) is 0 Å². The predicted molar refractivity (Wildman–Crippen MR) is 72.7 cm³/mol. The predicted octanol–water partition coefficient (Wildman–Crippen LogP) is 3.08. The smallest absolute Gasteiger partial charge is 0.151 e. The lowest BCUT2D eigenvalue weighted by molar-refractivity contribution is 0.112. The summed E-state index contributed by atoms with van der Waals surface area (Å²) in [5, 5.41) is 0. The van der Waals surface area contributed by atoms with Gasteiger partial charge in [0.05, 0.1) is 6.61 Å². The monoisotopic (exact) mass is 299 g/mol. The number of hydrogen-bond donors (Lipinski definition) is 1. The summed E-state index contributed by atoms with van der Waals surface area (Å²) >= 11 is 3.34. The second kappa shape index (κ2) is 7.45. The lowest BCUT2D eigenvalue weighted by Gasteiger charge is -2.10. The Morgan fingerprint density at radius 1 is 1.35 bits per heavy atom. The summed E-state index contributed by atoms with van der Waals surface area (Å²) < 4.78 is 6.47. The molecule has 0 aliphatic rings. The molecular weight excluding hydrogens is 282 g/mol. The van der Waals surface area contributed by atoms with Gasteiger partial charge in [0, 0.05) is 10.0 Å². The Kier molecular flexibility index (Phi) is 6.22. The zero-order valence-corrected chi connectivity index (χ0v) is 11.6. The van der Waals surface area contributed by atoms with E-state index in [0.29, 0.717) is 12.2 Å². The number of unbranched alkanes of at least 4 members (excludes halogenated alkanes) is 2. The summed E-state index contributed by atoms with van der Waals surface area (Å²) in [4.78, 5) is 10.8. The van der Waals surface area contributed by atoms with Gasteiger partial charge in [-0.15, -0.1) is 0 Å². The molecule has 0 spiro atoms. The normalized spacial score (nSPS) is 10.3. The zero-order chi connectivity index (χ0) is 12.7. The van der Waals surface area contributed by atoms with E-state index in [0.717, 1.165) is 47.9 Å². The van der Waals surface area contributed by atoms with E-state index < -0.39 is 0 Å². The summed E-state index contributed by atoms with van der Waals surface area (Å²) in [6.45, 7) is 3.36. The van der Waals surface area contributed by atoms with Gasteiger partial charge in [-0.2, -0.15) is 0 Å². The highest BCUT2D eigenvalue weighted by molar-refractivity contribution is 9.10. The maximum Gasteiger partial charge on any atom is 0.151 e. The van der Waals surface area contributed by atoms with Crippen LogP contribution < -0.4 is 10.5 Å². The summed E-state index contributed by atoms with van der Waals surface area (Å²) in [5.74, 6) is 0.781. The van der Waals surface area contributed by atoms with Crippen LogP contribution in [0, 0.1) is 6.92 Å². The Morgan fingerprint density at radius 3 is 2.76 bits per heavy atom. The molecule has 0 aliphatic heterocycles. The highest BCUT2D eigenvalue weighted by Crippen LogP contribution is 2.26. The molecule has 1 aromatic rings. The summed E-state index contributed by atoms with van der Waals surface area (Å²) in [7, 11) is 0. The van der Waals surface area contributed by atoms with Gasteiger partial charge in [-0.3, -0.25) is 4.79 Å². The first-order chi connectivity index (χ1) is 8.19. The number of ether oxygens (including phenoxy) is 1. The number of nitrogens with two attached hydrogens (primary N) is 1. The Hall–Kier alpha value is -0.870. The van der Waals surface area contributed by atoms with E-state index in [4.69, 9.17) is 10.5 Å². The van der Waals surface area contributed by atoms with Gasteiger partial charge < -0.3 is 10.5 Å². The molecule has 1 aromatic carbocycles. The molecule has 2 N–H and O–H groups in total. The van der Waals surface area contributed by atoms with E-state index in [-0.39, 0.29) is 0 Å². The van der Waals surface area contributed by atoms with Gasteiger partial charge in [-0.25, -0.2) is 0 Å². The van der Waals surface area contributed by atoms with Gasteiger partial charge in [0.15, 0.2) is 6.29 Å². The number of hydrogen-bond acceptors (Lipinski definition) is 3. The van der Waals surface area contributed by atoms with Gasteiger partial charge in [-0.05, 0) is 50.4 Å². The van der Waals surface area contributed by atoms with Crippen LogP contribution >= 0.6 is 15.9 Å². The van der Waals surface area contributed by atoms with Crippen molar-refractivity contribution in [1.29, 1.82) is 0 Å². The fraction of sp³-hybridized carbons (Fsp3) is 0.462. The largest absolute Gasteiger partial charge is 0.493 e. The van der Waals surface area contributed by atoms with Crippen molar-refractivity contribution in [1.82, 2.24) is 0 Å². The molecule has 0 aromatic heterocycles. The Morgan fingerprint density at radius 2 is 2.12 bits per heavy atom. The number of benzene rings is 1. The van der Waals surface area contributed by atoms with E-state index in [2.05, 4.69) is 15.9 Å². The maximum atomic E-state index is 10.8. The van der Waals surface area contributed by atoms with Crippen LogP contribution in [0.4, 0.5) is 0 Å². The number of aldehydes is 1. The first-order valence-electron chi connectivity index (χ1n) is 5.77. The Labute approximate surface area is 110 Å². The first-order valence-corrected chi connectivity index (χ1v) is 6.56. The van der Waals surface area contributed by atoms with E-state index in [1.165, 1.54) is 0 Å². The lowest BCUT2D eigenvalue weighted by atomic mass is 10.1. The van der Waals surface area contributed by atoms with Crippen LogP contribution in [0.2, 0.25) is 0 Å². The molecule has 0 heterocycles. The van der Waals surface area contributed by atoms with Crippen molar-refractivity contribution in [2.45, 2.75) is 26.2 Å². The van der Waals surface area contributed by atoms with Crippen LogP contribution in [0.5, 0.6) is 5.75 Å². The number of aryl methyl sites for hydroxylation is 1. The first kappa shape index (κ1) is 14.2. The van der Waals surface area contributed by atoms with Crippen LogP contribution in [-0.2, 0) is 0 Å². The molecule has 0 unspecified atom stereocenters. The Bertz CT molecular complexity index is 380. The van der Waals surface area contributed by atoms with Crippen molar-refractivity contribution in [2.75, 3.05) is 13.2 Å². The molecule has 0 fully saturated rings. The number of halogens is 1. The van der Waals surface area contributed by atoms with Crippen molar-refractivity contribution < 1.29 is 9.53 Å². The highest BCUT2D eigenvalue weighted by atomic mass is 79.9. The van der Waals surface area contributed by atoms with E-state index in [9.17, 15) is 4.79 Å². The third kappa shape index (κ3) is 4.48. The minimum Gasteiger partial charge on any atom is -0.493 e. The number of carbonyl (C=O) groups is 1. The fourth-order valence-corrected chi connectivity index (χ4v) is 2.07. The topological polar surface area (TPSA) is 52.3 Å². The standard InChI is InChI=1S/C13H18BrNO2/c1-10-7-12(14)11(9-16)8-13(10)17-6-4-2-3-5-15/h7-9H,2-6,15H2,1H3. The Balaban J connectivity index is 2.55. The zero-order valence-electron chi connectivity index (χ0n) is 10.0. The molecule has 0 radical (unpaired) electrons. The molecule has 17 heavy (non-hydrogen) atoms. The van der Waals surface area contributed by atoms with Gasteiger partial charge in [-0.1, -0.05) is 15.9 Å². The van der Waals surface area contributed by atoms with Crippen LogP contribution in [-0.4, -0.2) is 19.4 Å². The van der Waals surface area contributed by atoms with Crippen LogP contribution in [0.15, 0.2) is 16.6 Å². The highest BCUT2D eigenvalue weighted by Gasteiger charge is 2.05. The fourth-order valence-electron chi connectivity index (χ4n) is 1.52. The number of carbonyl (C=O) groups excluding carboxylic acids is 1. The molecule has 0 bridgehead atoms.